The Morgan fingerprint density at radius 1 is 1.35 bits per heavy atom. The maximum atomic E-state index is 6.53. The fourth-order valence-corrected chi connectivity index (χ4v) is 3.32. The number of nitrogens with zero attached hydrogens (tertiary/aromatic N) is 2. The molecule has 2 rings (SSSR count). The maximum absolute atomic E-state index is 6.53. The van der Waals surface area contributed by atoms with Crippen molar-refractivity contribution in [1.82, 2.24) is 10.2 Å². The standard InChI is InChI=1S/C16H26ClN3/c1-4-14-12-19(3)8-5-9-20(14)16-7-6-13(11-18-2)10-15(16)17/h6-7,10,14,18H,4-5,8-9,11-12H2,1-3H3. The zero-order valence-electron chi connectivity index (χ0n) is 12.8. The van der Waals surface area contributed by atoms with Crippen LogP contribution in [0.2, 0.25) is 5.02 Å². The Kier molecular flexibility index (Phi) is 5.70. The van der Waals surface area contributed by atoms with E-state index >= 15 is 0 Å². The molecule has 0 bridgehead atoms. The van der Waals surface area contributed by atoms with Crippen molar-refractivity contribution in [3.8, 4) is 0 Å². The molecule has 1 aliphatic rings. The van der Waals surface area contributed by atoms with E-state index in [-0.39, 0.29) is 0 Å². The molecular weight excluding hydrogens is 270 g/mol. The van der Waals surface area contributed by atoms with Gasteiger partial charge in [-0.3, -0.25) is 0 Å². The number of likely N-dealkylation sites (N-methyl/N-ethyl adjacent to an activating group) is 1. The summed E-state index contributed by atoms with van der Waals surface area (Å²) in [6.07, 6.45) is 2.35. The molecule has 20 heavy (non-hydrogen) atoms. The van der Waals surface area contributed by atoms with Gasteiger partial charge in [0.2, 0.25) is 0 Å². The van der Waals surface area contributed by atoms with Crippen molar-refractivity contribution >= 4 is 17.3 Å². The minimum absolute atomic E-state index is 0.551. The molecule has 0 saturated carbocycles. The third-order valence-electron chi connectivity index (χ3n) is 4.08. The number of nitrogens with one attached hydrogen (secondary N) is 1. The fraction of sp³-hybridized carbons (Fsp3) is 0.625. The number of anilines is 1. The molecule has 4 heteroatoms. The van der Waals surface area contributed by atoms with Crippen LogP contribution in [0.3, 0.4) is 0 Å². The van der Waals surface area contributed by atoms with Crippen LogP contribution in [0, 0.1) is 0 Å². The summed E-state index contributed by atoms with van der Waals surface area (Å²) in [5.74, 6) is 0. The monoisotopic (exact) mass is 295 g/mol. The molecule has 1 aliphatic heterocycles. The molecule has 1 fully saturated rings. The van der Waals surface area contributed by atoms with Crippen LogP contribution in [-0.2, 0) is 6.54 Å². The number of hydrogen-bond acceptors (Lipinski definition) is 3. The summed E-state index contributed by atoms with van der Waals surface area (Å²) in [7, 11) is 4.17. The second kappa shape index (κ2) is 7.30. The Labute approximate surface area is 127 Å². The van der Waals surface area contributed by atoms with Crippen molar-refractivity contribution < 1.29 is 0 Å². The molecule has 0 amide bonds. The zero-order valence-corrected chi connectivity index (χ0v) is 13.6. The second-order valence-corrected chi connectivity index (χ2v) is 6.09. The first kappa shape index (κ1) is 15.6. The van der Waals surface area contributed by atoms with Gasteiger partial charge < -0.3 is 15.1 Å². The summed E-state index contributed by atoms with van der Waals surface area (Å²) in [6, 6.07) is 7.01. The van der Waals surface area contributed by atoms with Crippen molar-refractivity contribution in [2.75, 3.05) is 38.6 Å². The number of hydrogen-bond donors (Lipinski definition) is 1. The van der Waals surface area contributed by atoms with Gasteiger partial charge >= 0.3 is 0 Å². The Morgan fingerprint density at radius 3 is 2.80 bits per heavy atom. The van der Waals surface area contributed by atoms with Gasteiger partial charge in [-0.15, -0.1) is 0 Å². The van der Waals surface area contributed by atoms with Gasteiger partial charge in [0.1, 0.15) is 0 Å². The topological polar surface area (TPSA) is 18.5 Å². The number of benzene rings is 1. The lowest BCUT2D eigenvalue weighted by Gasteiger charge is -2.33. The van der Waals surface area contributed by atoms with Crippen molar-refractivity contribution in [3.05, 3.63) is 28.8 Å². The van der Waals surface area contributed by atoms with E-state index in [1.165, 1.54) is 24.2 Å². The summed E-state index contributed by atoms with van der Waals surface area (Å²) < 4.78 is 0. The molecule has 1 heterocycles. The van der Waals surface area contributed by atoms with Crippen molar-refractivity contribution in [1.29, 1.82) is 0 Å². The smallest absolute Gasteiger partial charge is 0.0642 e. The van der Waals surface area contributed by atoms with Crippen LogP contribution >= 0.6 is 11.6 Å². The van der Waals surface area contributed by atoms with Gasteiger partial charge in [-0.25, -0.2) is 0 Å². The van der Waals surface area contributed by atoms with E-state index in [9.17, 15) is 0 Å². The van der Waals surface area contributed by atoms with Crippen LogP contribution in [0.1, 0.15) is 25.3 Å². The predicted octanol–water partition coefficient (Wildman–Crippen LogP) is 2.98. The van der Waals surface area contributed by atoms with Gasteiger partial charge in [0.05, 0.1) is 10.7 Å². The first-order valence-corrected chi connectivity index (χ1v) is 7.91. The average molecular weight is 296 g/mol. The van der Waals surface area contributed by atoms with Gasteiger partial charge in [0.15, 0.2) is 0 Å². The van der Waals surface area contributed by atoms with Crippen LogP contribution in [0.15, 0.2) is 18.2 Å². The molecule has 3 nitrogen and oxygen atoms in total. The first-order chi connectivity index (χ1) is 9.65. The number of rotatable bonds is 4. The summed E-state index contributed by atoms with van der Waals surface area (Å²) in [6.45, 7) is 6.50. The van der Waals surface area contributed by atoms with E-state index in [0.29, 0.717) is 6.04 Å². The van der Waals surface area contributed by atoms with Gasteiger partial charge in [0, 0.05) is 25.7 Å². The highest BCUT2D eigenvalue weighted by atomic mass is 35.5. The molecule has 0 spiro atoms. The molecule has 1 aromatic carbocycles. The molecule has 112 valence electrons. The van der Waals surface area contributed by atoms with E-state index in [1.54, 1.807) is 0 Å². The van der Waals surface area contributed by atoms with Crippen LogP contribution < -0.4 is 10.2 Å². The van der Waals surface area contributed by atoms with Gasteiger partial charge in [-0.1, -0.05) is 24.6 Å². The first-order valence-electron chi connectivity index (χ1n) is 7.54. The minimum Gasteiger partial charge on any atom is -0.366 e. The lowest BCUT2D eigenvalue weighted by molar-refractivity contribution is 0.328. The molecule has 1 N–H and O–H groups in total. The zero-order chi connectivity index (χ0) is 14.5. The highest BCUT2D eigenvalue weighted by molar-refractivity contribution is 6.33. The lowest BCUT2D eigenvalue weighted by Crippen LogP contribution is -2.40. The van der Waals surface area contributed by atoms with Crippen LogP contribution in [0.5, 0.6) is 0 Å². The molecule has 0 radical (unpaired) electrons. The van der Waals surface area contributed by atoms with E-state index in [2.05, 4.69) is 47.3 Å². The highest BCUT2D eigenvalue weighted by Crippen LogP contribution is 2.30. The maximum Gasteiger partial charge on any atom is 0.0642 e. The molecular formula is C16H26ClN3. The lowest BCUT2D eigenvalue weighted by atomic mass is 10.1. The van der Waals surface area contributed by atoms with E-state index in [0.717, 1.165) is 31.1 Å². The molecule has 1 unspecified atom stereocenters. The molecule has 1 aromatic rings. The molecule has 1 saturated heterocycles. The van der Waals surface area contributed by atoms with Crippen LogP contribution in [-0.4, -0.2) is 44.7 Å². The third kappa shape index (κ3) is 3.66. The second-order valence-electron chi connectivity index (χ2n) is 5.69. The SMILES string of the molecule is CCC1CN(C)CCCN1c1ccc(CNC)cc1Cl. The van der Waals surface area contributed by atoms with Crippen LogP contribution in [0.4, 0.5) is 5.69 Å². The fourth-order valence-electron chi connectivity index (χ4n) is 3.01. The third-order valence-corrected chi connectivity index (χ3v) is 4.38. The van der Waals surface area contributed by atoms with E-state index < -0.39 is 0 Å². The Hall–Kier alpha value is -0.770. The minimum atomic E-state index is 0.551. The largest absolute Gasteiger partial charge is 0.366 e. The van der Waals surface area contributed by atoms with Crippen molar-refractivity contribution in [3.63, 3.8) is 0 Å². The van der Waals surface area contributed by atoms with Gasteiger partial charge in [-0.05, 0) is 51.2 Å². The van der Waals surface area contributed by atoms with E-state index in [1.807, 2.05) is 7.05 Å². The quantitative estimate of drug-likeness (QED) is 0.921. The molecule has 1 atom stereocenters. The normalized spacial score (nSPS) is 21.0. The summed E-state index contributed by atoms with van der Waals surface area (Å²) >= 11 is 6.53. The Balaban J connectivity index is 2.23. The Morgan fingerprint density at radius 2 is 2.15 bits per heavy atom. The number of halogens is 1. The van der Waals surface area contributed by atoms with Gasteiger partial charge in [0.25, 0.3) is 0 Å². The highest BCUT2D eigenvalue weighted by Gasteiger charge is 2.23. The Bertz CT molecular complexity index is 436. The average Bonchev–Trinajstić information content (AvgIpc) is 2.61. The van der Waals surface area contributed by atoms with E-state index in [4.69, 9.17) is 11.6 Å². The van der Waals surface area contributed by atoms with Gasteiger partial charge in [-0.2, -0.15) is 0 Å². The summed E-state index contributed by atoms with van der Waals surface area (Å²) in [5, 5.41) is 4.04. The molecule has 0 aliphatic carbocycles. The van der Waals surface area contributed by atoms with Crippen LogP contribution in [0.25, 0.3) is 0 Å². The predicted molar refractivity (Wildman–Crippen MR) is 87.8 cm³/mol. The molecule has 0 aromatic heterocycles. The van der Waals surface area contributed by atoms with Crippen molar-refractivity contribution in [2.24, 2.45) is 0 Å². The summed E-state index contributed by atoms with van der Waals surface area (Å²) in [4.78, 5) is 4.92. The summed E-state index contributed by atoms with van der Waals surface area (Å²) in [5.41, 5.74) is 2.43. The van der Waals surface area contributed by atoms with Crippen molar-refractivity contribution in [2.45, 2.75) is 32.4 Å².